The van der Waals surface area contributed by atoms with Crippen LogP contribution in [0.2, 0.25) is 5.02 Å². The van der Waals surface area contributed by atoms with Crippen molar-refractivity contribution in [2.75, 3.05) is 12.3 Å². The van der Waals surface area contributed by atoms with E-state index in [1.807, 2.05) is 24.3 Å². The molecule has 3 nitrogen and oxygen atoms in total. The van der Waals surface area contributed by atoms with Gasteiger partial charge >= 0.3 is 0 Å². The maximum absolute atomic E-state index is 12.0. The molecule has 104 valence electrons. The number of carbonyl (C=O) groups excluding carboxylic acids is 1. The third kappa shape index (κ3) is 3.99. The molecular weight excluding hydrogens is 340 g/mol. The predicted molar refractivity (Wildman–Crippen MR) is 86.0 cm³/mol. The standard InChI is InChI=1S/C15H14BrClN2O/c16-14-9-11(17)3-6-13(14)15(20)19-8-7-10-1-4-12(18)5-2-10/h1-6,9H,7-8,18H2,(H,19,20). The number of halogens is 2. The zero-order valence-electron chi connectivity index (χ0n) is 10.7. The van der Waals surface area contributed by atoms with Gasteiger partial charge in [-0.3, -0.25) is 4.79 Å². The SMILES string of the molecule is Nc1ccc(CCNC(=O)c2ccc(Cl)cc2Br)cc1. The van der Waals surface area contributed by atoms with Gasteiger partial charge in [0.25, 0.3) is 5.91 Å². The number of nitrogens with two attached hydrogens (primary N) is 1. The Bertz CT molecular complexity index is 614. The molecule has 1 amide bonds. The highest BCUT2D eigenvalue weighted by Gasteiger charge is 2.09. The average molecular weight is 354 g/mol. The van der Waals surface area contributed by atoms with E-state index in [2.05, 4.69) is 21.2 Å². The molecule has 0 spiro atoms. The minimum atomic E-state index is -0.121. The molecule has 0 unspecified atom stereocenters. The summed E-state index contributed by atoms with van der Waals surface area (Å²) in [5.74, 6) is -0.121. The van der Waals surface area contributed by atoms with Gasteiger partial charge in [0.05, 0.1) is 5.56 Å². The third-order valence-electron chi connectivity index (χ3n) is 2.85. The highest BCUT2D eigenvalue weighted by Crippen LogP contribution is 2.21. The number of benzene rings is 2. The van der Waals surface area contributed by atoms with Crippen LogP contribution in [-0.2, 0) is 6.42 Å². The maximum Gasteiger partial charge on any atom is 0.252 e. The number of rotatable bonds is 4. The summed E-state index contributed by atoms with van der Waals surface area (Å²) in [4.78, 5) is 12.0. The van der Waals surface area contributed by atoms with Gasteiger partial charge in [-0.1, -0.05) is 23.7 Å². The number of hydrogen-bond donors (Lipinski definition) is 2. The lowest BCUT2D eigenvalue weighted by molar-refractivity contribution is 0.0953. The van der Waals surface area contributed by atoms with Crippen molar-refractivity contribution in [3.63, 3.8) is 0 Å². The Kier molecular flexibility index (Phi) is 5.04. The first-order valence-electron chi connectivity index (χ1n) is 6.14. The number of amides is 1. The molecule has 0 aliphatic heterocycles. The highest BCUT2D eigenvalue weighted by molar-refractivity contribution is 9.10. The summed E-state index contributed by atoms with van der Waals surface area (Å²) >= 11 is 9.18. The first-order valence-corrected chi connectivity index (χ1v) is 7.31. The highest BCUT2D eigenvalue weighted by atomic mass is 79.9. The smallest absolute Gasteiger partial charge is 0.252 e. The third-order valence-corrected chi connectivity index (χ3v) is 3.75. The van der Waals surface area contributed by atoms with Crippen molar-refractivity contribution in [1.82, 2.24) is 5.32 Å². The minimum Gasteiger partial charge on any atom is -0.399 e. The quantitative estimate of drug-likeness (QED) is 0.824. The molecule has 20 heavy (non-hydrogen) atoms. The first kappa shape index (κ1) is 14.9. The average Bonchev–Trinajstić information content (AvgIpc) is 2.41. The predicted octanol–water partition coefficient (Wildman–Crippen LogP) is 3.66. The second-order valence-corrected chi connectivity index (χ2v) is 5.66. The van der Waals surface area contributed by atoms with Gasteiger partial charge < -0.3 is 11.1 Å². The van der Waals surface area contributed by atoms with Gasteiger partial charge in [-0.05, 0) is 58.2 Å². The van der Waals surface area contributed by atoms with Crippen LogP contribution in [0.4, 0.5) is 5.69 Å². The Labute approximate surface area is 131 Å². The van der Waals surface area contributed by atoms with E-state index in [0.29, 0.717) is 21.6 Å². The molecule has 0 saturated carbocycles. The number of nitrogens with one attached hydrogen (secondary N) is 1. The van der Waals surface area contributed by atoms with Crippen molar-refractivity contribution in [1.29, 1.82) is 0 Å². The fourth-order valence-corrected chi connectivity index (χ4v) is 2.64. The van der Waals surface area contributed by atoms with E-state index in [1.165, 1.54) is 0 Å². The Balaban J connectivity index is 1.90. The minimum absolute atomic E-state index is 0.121. The Morgan fingerprint density at radius 2 is 1.90 bits per heavy atom. The van der Waals surface area contributed by atoms with Crippen molar-refractivity contribution in [2.45, 2.75) is 6.42 Å². The van der Waals surface area contributed by atoms with Crippen LogP contribution >= 0.6 is 27.5 Å². The molecule has 0 aliphatic rings. The molecule has 0 radical (unpaired) electrons. The van der Waals surface area contributed by atoms with E-state index in [0.717, 1.165) is 17.7 Å². The van der Waals surface area contributed by atoms with Crippen molar-refractivity contribution in [2.24, 2.45) is 0 Å². The molecule has 3 N–H and O–H groups in total. The van der Waals surface area contributed by atoms with Crippen molar-refractivity contribution >= 4 is 39.1 Å². The molecule has 0 aromatic heterocycles. The number of anilines is 1. The molecule has 2 aromatic carbocycles. The summed E-state index contributed by atoms with van der Waals surface area (Å²) in [5, 5.41) is 3.47. The van der Waals surface area contributed by atoms with Crippen LogP contribution in [0.15, 0.2) is 46.9 Å². The van der Waals surface area contributed by atoms with E-state index >= 15 is 0 Å². The van der Waals surface area contributed by atoms with Crippen LogP contribution in [0.5, 0.6) is 0 Å². The van der Waals surface area contributed by atoms with E-state index in [9.17, 15) is 4.79 Å². The van der Waals surface area contributed by atoms with Crippen LogP contribution in [0.25, 0.3) is 0 Å². The lowest BCUT2D eigenvalue weighted by Crippen LogP contribution is -2.26. The van der Waals surface area contributed by atoms with Crippen LogP contribution < -0.4 is 11.1 Å². The van der Waals surface area contributed by atoms with E-state index < -0.39 is 0 Å². The van der Waals surface area contributed by atoms with Gasteiger partial charge in [-0.2, -0.15) is 0 Å². The molecule has 0 heterocycles. The monoisotopic (exact) mass is 352 g/mol. The molecule has 0 atom stereocenters. The number of hydrogen-bond acceptors (Lipinski definition) is 2. The summed E-state index contributed by atoms with van der Waals surface area (Å²) in [6.45, 7) is 0.567. The van der Waals surface area contributed by atoms with Gasteiger partial charge in [0, 0.05) is 21.7 Å². The Morgan fingerprint density at radius 1 is 1.20 bits per heavy atom. The molecular formula is C15H14BrClN2O. The Morgan fingerprint density at radius 3 is 2.55 bits per heavy atom. The zero-order valence-corrected chi connectivity index (χ0v) is 13.0. The molecule has 0 bridgehead atoms. The van der Waals surface area contributed by atoms with E-state index in [1.54, 1.807) is 18.2 Å². The molecule has 0 fully saturated rings. The largest absolute Gasteiger partial charge is 0.399 e. The number of nitrogen functional groups attached to an aromatic ring is 1. The van der Waals surface area contributed by atoms with E-state index in [4.69, 9.17) is 17.3 Å². The second-order valence-electron chi connectivity index (χ2n) is 4.37. The molecule has 0 aliphatic carbocycles. The van der Waals surface area contributed by atoms with Gasteiger partial charge in [-0.25, -0.2) is 0 Å². The number of carbonyl (C=O) groups is 1. The molecule has 2 rings (SSSR count). The topological polar surface area (TPSA) is 55.1 Å². The zero-order chi connectivity index (χ0) is 14.5. The van der Waals surface area contributed by atoms with Crippen molar-refractivity contribution in [3.05, 3.63) is 63.1 Å². The fourth-order valence-electron chi connectivity index (χ4n) is 1.77. The summed E-state index contributed by atoms with van der Waals surface area (Å²) in [6, 6.07) is 12.7. The van der Waals surface area contributed by atoms with E-state index in [-0.39, 0.29) is 5.91 Å². The first-order chi connectivity index (χ1) is 9.56. The van der Waals surface area contributed by atoms with Gasteiger partial charge in [0.15, 0.2) is 0 Å². The van der Waals surface area contributed by atoms with Crippen LogP contribution in [0.1, 0.15) is 15.9 Å². The summed E-state index contributed by atoms with van der Waals surface area (Å²) < 4.78 is 0.690. The maximum atomic E-state index is 12.0. The van der Waals surface area contributed by atoms with Crippen LogP contribution in [0, 0.1) is 0 Å². The normalized spacial score (nSPS) is 10.3. The summed E-state index contributed by atoms with van der Waals surface area (Å²) in [6.07, 6.45) is 0.761. The van der Waals surface area contributed by atoms with Crippen molar-refractivity contribution in [3.8, 4) is 0 Å². The van der Waals surface area contributed by atoms with Gasteiger partial charge in [-0.15, -0.1) is 0 Å². The lowest BCUT2D eigenvalue weighted by atomic mass is 10.1. The molecule has 2 aromatic rings. The molecule has 0 saturated heterocycles. The summed E-state index contributed by atoms with van der Waals surface area (Å²) in [5.41, 5.74) is 8.07. The van der Waals surface area contributed by atoms with Gasteiger partial charge in [0.2, 0.25) is 0 Å². The lowest BCUT2D eigenvalue weighted by Gasteiger charge is -2.07. The Hall–Kier alpha value is -1.52. The second kappa shape index (κ2) is 6.77. The van der Waals surface area contributed by atoms with Gasteiger partial charge in [0.1, 0.15) is 0 Å². The van der Waals surface area contributed by atoms with Crippen molar-refractivity contribution < 1.29 is 4.79 Å². The molecule has 5 heteroatoms. The fraction of sp³-hybridized carbons (Fsp3) is 0.133. The summed E-state index contributed by atoms with van der Waals surface area (Å²) in [7, 11) is 0. The van der Waals surface area contributed by atoms with Crippen LogP contribution in [-0.4, -0.2) is 12.5 Å². The van der Waals surface area contributed by atoms with Crippen LogP contribution in [0.3, 0.4) is 0 Å².